The van der Waals surface area contributed by atoms with E-state index in [1.807, 2.05) is 0 Å². The summed E-state index contributed by atoms with van der Waals surface area (Å²) in [6.45, 7) is 0. The standard InChI is InChI=1S/Ca.Ge.Se.Si.Zn. The molecular weight excluding hydrogens is 285 g/mol. The van der Waals surface area contributed by atoms with Crippen molar-refractivity contribution < 1.29 is 19.5 Å². The number of hydrogen-bond donors (Lipinski definition) is 0. The van der Waals surface area contributed by atoms with Crippen molar-refractivity contribution in [2.75, 3.05) is 0 Å². The van der Waals surface area contributed by atoms with Gasteiger partial charge in [-0.05, 0) is 0 Å². The smallest absolute Gasteiger partial charge is 0 e. The molecule has 0 unspecified atom stereocenters. The molecule has 0 fully saturated rings. The van der Waals surface area contributed by atoms with E-state index in [0.717, 1.165) is 0 Å². The molecule has 0 aromatic rings. The van der Waals surface area contributed by atoms with Gasteiger partial charge < -0.3 is 0 Å². The summed E-state index contributed by atoms with van der Waals surface area (Å²) in [6, 6.07) is 0. The van der Waals surface area contributed by atoms with E-state index >= 15 is 0 Å². The molecule has 0 aliphatic heterocycles. The van der Waals surface area contributed by atoms with Crippen LogP contribution in [0.5, 0.6) is 0 Å². The van der Waals surface area contributed by atoms with Crippen molar-refractivity contribution >= 4 is 83.4 Å². The van der Waals surface area contributed by atoms with Crippen LogP contribution in [-0.4, -0.2) is 83.4 Å². The minimum Gasteiger partial charge on any atom is 0 e. The van der Waals surface area contributed by atoms with E-state index in [2.05, 4.69) is 0 Å². The predicted molar refractivity (Wildman–Crippen MR) is 23.0 cm³/mol. The molecule has 0 aliphatic carbocycles. The fourth-order valence-electron chi connectivity index (χ4n) is 0. The Morgan fingerprint density at radius 3 is 1.00 bits per heavy atom. The largest absolute Gasteiger partial charge is 0 e. The Bertz CT molecular complexity index is 11.6. The zero-order chi connectivity index (χ0) is 0. The molecule has 0 rings (SSSR count). The summed E-state index contributed by atoms with van der Waals surface area (Å²) in [4.78, 5) is 0. The van der Waals surface area contributed by atoms with Crippen molar-refractivity contribution in [3.63, 3.8) is 0 Å². The fourth-order valence-corrected chi connectivity index (χ4v) is 0. The second-order valence-corrected chi connectivity index (χ2v) is 0. The third-order valence-corrected chi connectivity index (χ3v) is 0. The van der Waals surface area contributed by atoms with Crippen LogP contribution in [0.3, 0.4) is 0 Å². The Morgan fingerprint density at radius 1 is 1.00 bits per heavy atom. The Hall–Kier alpha value is 3.16. The van der Waals surface area contributed by atoms with Crippen LogP contribution in [0.4, 0.5) is 0 Å². The van der Waals surface area contributed by atoms with Crippen molar-refractivity contribution in [1.29, 1.82) is 0 Å². The van der Waals surface area contributed by atoms with Crippen LogP contribution in [-0.2, 0) is 19.5 Å². The molecule has 0 nitrogen and oxygen atoms in total. The Balaban J connectivity index is 0. The molecule has 0 saturated carbocycles. The van der Waals surface area contributed by atoms with Gasteiger partial charge in [0.25, 0.3) is 0 Å². The molecule has 0 amide bonds. The van der Waals surface area contributed by atoms with Crippen molar-refractivity contribution in [2.45, 2.75) is 0 Å². The SMILES string of the molecule is [Ca].[Ge].[Se].[Si].[Zn]. The van der Waals surface area contributed by atoms with Gasteiger partial charge in [0.2, 0.25) is 0 Å². The maximum Gasteiger partial charge on any atom is 0 e. The maximum absolute atomic E-state index is 0. The van der Waals surface area contributed by atoms with Crippen LogP contribution in [0.15, 0.2) is 0 Å². The van der Waals surface area contributed by atoms with Gasteiger partial charge in [-0.3, -0.25) is 0 Å². The van der Waals surface area contributed by atoms with Gasteiger partial charge in [0.15, 0.2) is 0 Å². The third-order valence-electron chi connectivity index (χ3n) is 0. The predicted octanol–water partition coefficient (Wildman–Crippen LogP) is -1.53. The molecule has 0 N–H and O–H groups in total. The summed E-state index contributed by atoms with van der Waals surface area (Å²) < 4.78 is 0. The second kappa shape index (κ2) is 27.2. The van der Waals surface area contributed by atoms with Gasteiger partial charge in [-0.2, -0.15) is 0 Å². The third kappa shape index (κ3) is 19.1. The molecule has 5 heavy (non-hydrogen) atoms. The van der Waals surface area contributed by atoms with Gasteiger partial charge in [0, 0.05) is 103 Å². The van der Waals surface area contributed by atoms with Crippen LogP contribution in [0, 0.1) is 0 Å². The van der Waals surface area contributed by atoms with E-state index in [4.69, 9.17) is 0 Å². The number of hydrogen-bond acceptors (Lipinski definition) is 0. The van der Waals surface area contributed by atoms with Crippen LogP contribution < -0.4 is 0 Å². The molecule has 12 radical (unpaired) electrons. The van der Waals surface area contributed by atoms with Crippen LogP contribution in [0.25, 0.3) is 0 Å². The molecule has 0 saturated heterocycles. The van der Waals surface area contributed by atoms with Gasteiger partial charge in [-0.1, -0.05) is 0 Å². The van der Waals surface area contributed by atoms with Crippen molar-refractivity contribution in [1.82, 2.24) is 0 Å². The summed E-state index contributed by atoms with van der Waals surface area (Å²) in [5.74, 6) is 0. The average Bonchev–Trinajstić information content (AvgIpc) is 0. The quantitative estimate of drug-likeness (QED) is 0.474. The van der Waals surface area contributed by atoms with Crippen molar-refractivity contribution in [3.05, 3.63) is 0 Å². The zero-order valence-corrected chi connectivity index (χ0v) is 12.8. The molecule has 0 aromatic heterocycles. The van der Waals surface area contributed by atoms with Crippen LogP contribution in [0.2, 0.25) is 0 Å². The molecule has 18 valence electrons. The van der Waals surface area contributed by atoms with E-state index in [0.29, 0.717) is 0 Å². The van der Waals surface area contributed by atoms with Crippen LogP contribution in [0.1, 0.15) is 0 Å². The van der Waals surface area contributed by atoms with Gasteiger partial charge >= 0.3 is 0 Å². The Morgan fingerprint density at radius 2 is 1.00 bits per heavy atom. The molecular formula is CaGeSeSiZn. The fraction of sp³-hybridized carbons (Fsp3) is 0. The molecule has 0 aliphatic rings. The number of rotatable bonds is 0. The van der Waals surface area contributed by atoms with E-state index < -0.39 is 0 Å². The molecule has 5 heteroatoms. The Kier molecular flexibility index (Phi) is 228. The molecule has 0 heterocycles. The second-order valence-electron chi connectivity index (χ2n) is 0. The Labute approximate surface area is 101 Å². The summed E-state index contributed by atoms with van der Waals surface area (Å²) in [5.41, 5.74) is 0. The normalized spacial score (nSPS) is 0. The molecule has 0 bridgehead atoms. The minimum atomic E-state index is 0. The van der Waals surface area contributed by atoms with E-state index in [-0.39, 0.29) is 103 Å². The maximum atomic E-state index is 0. The molecule has 0 aromatic carbocycles. The van der Waals surface area contributed by atoms with Crippen molar-refractivity contribution in [2.24, 2.45) is 0 Å². The first kappa shape index (κ1) is 41.9. The summed E-state index contributed by atoms with van der Waals surface area (Å²) in [7, 11) is 0. The van der Waals surface area contributed by atoms with Gasteiger partial charge in [-0.25, -0.2) is 0 Å². The van der Waals surface area contributed by atoms with Crippen molar-refractivity contribution in [3.8, 4) is 0 Å². The first-order valence-electron chi connectivity index (χ1n) is 0. The van der Waals surface area contributed by atoms with Crippen LogP contribution >= 0.6 is 0 Å². The zero-order valence-electron chi connectivity index (χ0n) is 2.82. The summed E-state index contributed by atoms with van der Waals surface area (Å²) >= 11 is 0. The van der Waals surface area contributed by atoms with E-state index in [1.54, 1.807) is 0 Å². The monoisotopic (exact) mass is 286 g/mol. The molecule has 0 atom stereocenters. The summed E-state index contributed by atoms with van der Waals surface area (Å²) in [5, 5.41) is 0. The van der Waals surface area contributed by atoms with E-state index in [1.165, 1.54) is 0 Å². The first-order valence-corrected chi connectivity index (χ1v) is 0. The average molecular weight is 285 g/mol. The topological polar surface area (TPSA) is 0 Å². The minimum absolute atomic E-state index is 0. The van der Waals surface area contributed by atoms with Gasteiger partial charge in [-0.15, -0.1) is 0 Å². The van der Waals surface area contributed by atoms with E-state index in [9.17, 15) is 0 Å². The van der Waals surface area contributed by atoms with Gasteiger partial charge in [0.05, 0.1) is 0 Å². The first-order chi connectivity index (χ1) is 0. The summed E-state index contributed by atoms with van der Waals surface area (Å²) in [6.07, 6.45) is 0. The van der Waals surface area contributed by atoms with Gasteiger partial charge in [0.1, 0.15) is 0 Å². The molecule has 0 spiro atoms.